The molecule has 0 aliphatic heterocycles. The van der Waals surface area contributed by atoms with Gasteiger partial charge in [-0.2, -0.15) is 8.42 Å². The number of benzene rings is 1. The number of halogens is 1. The molecule has 0 amide bonds. The molecule has 2 fully saturated rings. The van der Waals surface area contributed by atoms with Crippen LogP contribution < -0.4 is 10.6 Å². The van der Waals surface area contributed by atoms with Crippen LogP contribution in [0.3, 0.4) is 0 Å². The van der Waals surface area contributed by atoms with Crippen molar-refractivity contribution in [1.29, 1.82) is 0 Å². The zero-order chi connectivity index (χ0) is 21.0. The van der Waals surface area contributed by atoms with Crippen LogP contribution in [0.5, 0.6) is 0 Å². The number of rotatable bonds is 7. The summed E-state index contributed by atoms with van der Waals surface area (Å²) in [6.45, 7) is 6.33. The third-order valence-electron chi connectivity index (χ3n) is 6.15. The van der Waals surface area contributed by atoms with Gasteiger partial charge in [-0.3, -0.25) is 8.57 Å². The minimum atomic E-state index is -3.61. The van der Waals surface area contributed by atoms with E-state index in [4.69, 9.17) is 4.18 Å². The summed E-state index contributed by atoms with van der Waals surface area (Å²) >= 11 is 0. The SMILES string of the molecule is CNC1(C)CC(CF)C1.CNC1(C)CC(COS(=O)(=O)c2ccc(C)cc2)C1. The molecular formula is C21H35FN2O3S. The second-order valence-corrected chi connectivity index (χ2v) is 10.5. The lowest BCUT2D eigenvalue weighted by molar-refractivity contribution is 0.0850. The van der Waals surface area contributed by atoms with Gasteiger partial charge in [-0.1, -0.05) is 17.7 Å². The lowest BCUT2D eigenvalue weighted by Gasteiger charge is -2.44. The van der Waals surface area contributed by atoms with Crippen molar-refractivity contribution >= 4 is 10.1 Å². The van der Waals surface area contributed by atoms with E-state index in [1.165, 1.54) is 0 Å². The van der Waals surface area contributed by atoms with Gasteiger partial charge in [0.2, 0.25) is 0 Å². The Balaban J connectivity index is 0.000000261. The number of hydrogen-bond acceptors (Lipinski definition) is 5. The maximum absolute atomic E-state index is 12.0. The summed E-state index contributed by atoms with van der Waals surface area (Å²) in [6, 6.07) is 6.72. The highest BCUT2D eigenvalue weighted by atomic mass is 32.2. The van der Waals surface area contributed by atoms with Crippen LogP contribution in [0.4, 0.5) is 4.39 Å². The standard InChI is InChI=1S/C14H21NO3S.C7H14FN/c1-11-4-6-13(7-5-11)19(16,17)18-10-12-8-14(2,9-12)15-3;1-7(9-2)3-6(4-7)5-8/h4-7,12,15H,8-10H2,1-3H3;6,9H,3-5H2,1-2H3. The van der Waals surface area contributed by atoms with Crippen LogP contribution in [-0.4, -0.2) is 46.9 Å². The Morgan fingerprint density at radius 1 is 1.00 bits per heavy atom. The summed E-state index contributed by atoms with van der Waals surface area (Å²) in [7, 11) is 0.257. The fraction of sp³-hybridized carbons (Fsp3) is 0.714. The third-order valence-corrected chi connectivity index (χ3v) is 7.45. The Bertz CT molecular complexity index is 725. The van der Waals surface area contributed by atoms with Gasteiger partial charge in [-0.25, -0.2) is 0 Å². The largest absolute Gasteiger partial charge is 0.315 e. The maximum Gasteiger partial charge on any atom is 0.296 e. The van der Waals surface area contributed by atoms with Crippen molar-refractivity contribution in [3.8, 4) is 0 Å². The first kappa shape index (κ1) is 23.3. The number of alkyl halides is 1. The smallest absolute Gasteiger partial charge is 0.296 e. The molecule has 2 saturated carbocycles. The molecule has 0 saturated heterocycles. The highest BCUT2D eigenvalue weighted by Crippen LogP contribution is 2.38. The molecule has 0 atom stereocenters. The van der Waals surface area contributed by atoms with E-state index in [2.05, 4.69) is 24.5 Å². The van der Waals surface area contributed by atoms with Crippen LogP contribution in [0, 0.1) is 18.8 Å². The molecule has 2 aliphatic carbocycles. The number of nitrogens with one attached hydrogen (secondary N) is 2. The molecule has 0 spiro atoms. The molecular weight excluding hydrogens is 379 g/mol. The Morgan fingerprint density at radius 2 is 1.46 bits per heavy atom. The molecule has 160 valence electrons. The van der Waals surface area contributed by atoms with Gasteiger partial charge >= 0.3 is 0 Å². The monoisotopic (exact) mass is 414 g/mol. The van der Waals surface area contributed by atoms with Crippen LogP contribution >= 0.6 is 0 Å². The zero-order valence-corrected chi connectivity index (χ0v) is 18.5. The van der Waals surface area contributed by atoms with Crippen molar-refractivity contribution < 1.29 is 17.0 Å². The predicted molar refractivity (Wildman–Crippen MR) is 111 cm³/mol. The van der Waals surface area contributed by atoms with E-state index in [0.29, 0.717) is 11.8 Å². The van der Waals surface area contributed by atoms with Gasteiger partial charge in [-0.05, 0) is 84.5 Å². The third kappa shape index (κ3) is 5.99. The molecule has 0 aromatic heterocycles. The molecule has 28 heavy (non-hydrogen) atoms. The second kappa shape index (κ2) is 9.20. The van der Waals surface area contributed by atoms with Gasteiger partial charge in [0.25, 0.3) is 10.1 Å². The first-order chi connectivity index (χ1) is 13.0. The molecule has 0 bridgehead atoms. The molecule has 0 radical (unpaired) electrons. The van der Waals surface area contributed by atoms with Gasteiger partial charge in [0.05, 0.1) is 18.2 Å². The molecule has 2 aliphatic rings. The first-order valence-electron chi connectivity index (χ1n) is 9.95. The lowest BCUT2D eigenvalue weighted by atomic mass is 9.70. The molecule has 5 nitrogen and oxygen atoms in total. The van der Waals surface area contributed by atoms with E-state index < -0.39 is 10.1 Å². The van der Waals surface area contributed by atoms with E-state index in [9.17, 15) is 12.8 Å². The van der Waals surface area contributed by atoms with Gasteiger partial charge in [0.1, 0.15) is 0 Å². The maximum atomic E-state index is 12.0. The Labute approximate surface area is 169 Å². The van der Waals surface area contributed by atoms with Crippen LogP contribution in [0.15, 0.2) is 29.2 Å². The van der Waals surface area contributed by atoms with E-state index in [-0.39, 0.29) is 29.3 Å². The van der Waals surface area contributed by atoms with Crippen molar-refractivity contribution in [2.75, 3.05) is 27.4 Å². The summed E-state index contributed by atoms with van der Waals surface area (Å²) in [5.41, 5.74) is 1.42. The Kier molecular flexibility index (Phi) is 7.64. The van der Waals surface area contributed by atoms with E-state index >= 15 is 0 Å². The van der Waals surface area contributed by atoms with Crippen LogP contribution in [0.25, 0.3) is 0 Å². The minimum absolute atomic E-state index is 0.141. The summed E-state index contributed by atoms with van der Waals surface area (Å²) in [5.74, 6) is 0.653. The molecule has 7 heteroatoms. The van der Waals surface area contributed by atoms with Gasteiger partial charge in [0, 0.05) is 11.1 Å². The second-order valence-electron chi connectivity index (χ2n) is 8.88. The predicted octanol–water partition coefficient (Wildman–Crippen LogP) is 3.43. The molecule has 1 aromatic rings. The topological polar surface area (TPSA) is 67.4 Å². The molecule has 0 unspecified atom stereocenters. The highest BCUT2D eigenvalue weighted by Gasteiger charge is 2.40. The fourth-order valence-electron chi connectivity index (χ4n) is 4.02. The van der Waals surface area contributed by atoms with Crippen molar-refractivity contribution in [2.45, 2.75) is 62.4 Å². The minimum Gasteiger partial charge on any atom is -0.315 e. The Morgan fingerprint density at radius 3 is 1.89 bits per heavy atom. The quantitative estimate of drug-likeness (QED) is 0.669. The van der Waals surface area contributed by atoms with Crippen molar-refractivity contribution in [1.82, 2.24) is 10.6 Å². The summed E-state index contributed by atoms with van der Waals surface area (Å²) in [4.78, 5) is 0.230. The fourth-order valence-corrected chi connectivity index (χ4v) is 5.00. The van der Waals surface area contributed by atoms with Crippen LogP contribution in [-0.2, 0) is 14.3 Å². The number of aryl methyl sites for hydroxylation is 1. The Hall–Kier alpha value is -1.02. The normalized spacial score (nSPS) is 31.9. The summed E-state index contributed by atoms with van der Waals surface area (Å²) in [6.07, 6.45) is 3.90. The van der Waals surface area contributed by atoms with Crippen LogP contribution in [0.1, 0.15) is 45.1 Å². The van der Waals surface area contributed by atoms with Crippen LogP contribution in [0.2, 0.25) is 0 Å². The van der Waals surface area contributed by atoms with Gasteiger partial charge in [0.15, 0.2) is 0 Å². The molecule has 0 heterocycles. The zero-order valence-electron chi connectivity index (χ0n) is 17.7. The molecule has 2 N–H and O–H groups in total. The number of hydrogen-bond donors (Lipinski definition) is 2. The first-order valence-corrected chi connectivity index (χ1v) is 11.4. The highest BCUT2D eigenvalue weighted by molar-refractivity contribution is 7.86. The van der Waals surface area contributed by atoms with Crippen molar-refractivity contribution in [3.05, 3.63) is 29.8 Å². The van der Waals surface area contributed by atoms with Gasteiger partial charge in [-0.15, -0.1) is 0 Å². The van der Waals surface area contributed by atoms with Gasteiger partial charge < -0.3 is 10.6 Å². The van der Waals surface area contributed by atoms with E-state index in [1.54, 1.807) is 24.3 Å². The van der Waals surface area contributed by atoms with E-state index in [1.807, 2.05) is 21.0 Å². The molecule has 3 rings (SSSR count). The summed E-state index contributed by atoms with van der Waals surface area (Å²) < 4.78 is 41.0. The summed E-state index contributed by atoms with van der Waals surface area (Å²) in [5, 5.41) is 6.41. The van der Waals surface area contributed by atoms with Crippen molar-refractivity contribution in [3.63, 3.8) is 0 Å². The lowest BCUT2D eigenvalue weighted by Crippen LogP contribution is -2.52. The van der Waals surface area contributed by atoms with Crippen molar-refractivity contribution in [2.24, 2.45) is 11.8 Å². The molecule has 1 aromatic carbocycles. The van der Waals surface area contributed by atoms with E-state index in [0.717, 1.165) is 31.2 Å². The average molecular weight is 415 g/mol. The average Bonchev–Trinajstić information content (AvgIpc) is 2.62.